The number of rotatable bonds is 7. The molecule has 2 atom stereocenters. The van der Waals surface area contributed by atoms with Gasteiger partial charge in [-0.2, -0.15) is 11.8 Å². The Morgan fingerprint density at radius 3 is 2.50 bits per heavy atom. The quantitative estimate of drug-likeness (QED) is 0.824. The predicted octanol–water partition coefficient (Wildman–Crippen LogP) is 3.11. The van der Waals surface area contributed by atoms with E-state index in [1.54, 1.807) is 14.2 Å². The first-order valence-corrected chi connectivity index (χ1v) is 7.48. The number of methoxy groups -OCH3 is 2. The molecule has 1 rings (SSSR count). The molecule has 0 amide bonds. The molecule has 0 saturated carbocycles. The summed E-state index contributed by atoms with van der Waals surface area (Å²) in [6.45, 7) is 4.35. The molecule has 0 heterocycles. The monoisotopic (exact) mass is 269 g/mol. The molecule has 1 aromatic carbocycles. The molecule has 0 radical (unpaired) electrons. The van der Waals surface area contributed by atoms with Crippen molar-refractivity contribution in [3.63, 3.8) is 0 Å². The number of benzene rings is 1. The summed E-state index contributed by atoms with van der Waals surface area (Å²) < 4.78 is 10.6. The van der Waals surface area contributed by atoms with E-state index < -0.39 is 0 Å². The van der Waals surface area contributed by atoms with Crippen molar-refractivity contribution >= 4 is 11.8 Å². The van der Waals surface area contributed by atoms with Crippen molar-refractivity contribution in [2.45, 2.75) is 25.9 Å². The summed E-state index contributed by atoms with van der Waals surface area (Å²) in [4.78, 5) is 0. The van der Waals surface area contributed by atoms with Crippen molar-refractivity contribution in [3.8, 4) is 11.5 Å². The van der Waals surface area contributed by atoms with Gasteiger partial charge in [-0.15, -0.1) is 0 Å². The summed E-state index contributed by atoms with van der Waals surface area (Å²) in [7, 11) is 3.35. The lowest BCUT2D eigenvalue weighted by molar-refractivity contribution is 0.384. The Hall–Kier alpha value is -0.870. The largest absolute Gasteiger partial charge is 0.497 e. The van der Waals surface area contributed by atoms with Crippen LogP contribution >= 0.6 is 11.8 Å². The zero-order chi connectivity index (χ0) is 13.5. The molecular weight excluding hydrogens is 246 g/mol. The van der Waals surface area contributed by atoms with Gasteiger partial charge in [0.25, 0.3) is 0 Å². The number of hydrogen-bond acceptors (Lipinski definition) is 4. The minimum absolute atomic E-state index is 0.257. The lowest BCUT2D eigenvalue weighted by atomic mass is 10.1. The van der Waals surface area contributed by atoms with Gasteiger partial charge in [-0.1, -0.05) is 6.07 Å². The highest BCUT2D eigenvalue weighted by Gasteiger charge is 2.14. The molecule has 0 spiro atoms. The Bertz CT molecular complexity index is 371. The van der Waals surface area contributed by atoms with Gasteiger partial charge in [0.2, 0.25) is 0 Å². The highest BCUT2D eigenvalue weighted by atomic mass is 32.2. The maximum Gasteiger partial charge on any atom is 0.127 e. The van der Waals surface area contributed by atoms with Gasteiger partial charge in [-0.05, 0) is 26.2 Å². The van der Waals surface area contributed by atoms with E-state index in [9.17, 15) is 0 Å². The summed E-state index contributed by atoms with van der Waals surface area (Å²) in [5, 5.41) is 3.57. The summed E-state index contributed by atoms with van der Waals surface area (Å²) in [5.74, 6) is 2.79. The van der Waals surface area contributed by atoms with Gasteiger partial charge in [0.1, 0.15) is 11.5 Å². The second-order valence-electron chi connectivity index (χ2n) is 4.35. The first kappa shape index (κ1) is 15.2. The lowest BCUT2D eigenvalue weighted by Crippen LogP contribution is -2.31. The third-order valence-electron chi connectivity index (χ3n) is 2.86. The van der Waals surface area contributed by atoms with Gasteiger partial charge >= 0.3 is 0 Å². The van der Waals surface area contributed by atoms with E-state index >= 15 is 0 Å². The smallest absolute Gasteiger partial charge is 0.127 e. The zero-order valence-corrected chi connectivity index (χ0v) is 12.6. The number of hydrogen-bond donors (Lipinski definition) is 1. The predicted molar refractivity (Wildman–Crippen MR) is 78.9 cm³/mol. The van der Waals surface area contributed by atoms with Crippen molar-refractivity contribution in [3.05, 3.63) is 23.8 Å². The van der Waals surface area contributed by atoms with E-state index in [0.29, 0.717) is 6.04 Å². The first-order valence-electron chi connectivity index (χ1n) is 6.09. The summed E-state index contributed by atoms with van der Waals surface area (Å²) in [6.07, 6.45) is 2.12. The Labute approximate surface area is 114 Å². The highest BCUT2D eigenvalue weighted by molar-refractivity contribution is 7.98. The molecule has 0 fully saturated rings. The summed E-state index contributed by atoms with van der Waals surface area (Å²) >= 11 is 1.85. The van der Waals surface area contributed by atoms with E-state index in [0.717, 1.165) is 22.8 Å². The van der Waals surface area contributed by atoms with Crippen LogP contribution in [-0.4, -0.2) is 32.3 Å². The van der Waals surface area contributed by atoms with Crippen LogP contribution in [0.2, 0.25) is 0 Å². The van der Waals surface area contributed by atoms with Gasteiger partial charge in [-0.25, -0.2) is 0 Å². The minimum Gasteiger partial charge on any atom is -0.497 e. The van der Waals surface area contributed by atoms with Crippen LogP contribution in [0.25, 0.3) is 0 Å². The number of thioether (sulfide) groups is 1. The van der Waals surface area contributed by atoms with Gasteiger partial charge < -0.3 is 14.8 Å². The van der Waals surface area contributed by atoms with Crippen LogP contribution in [0.5, 0.6) is 11.5 Å². The van der Waals surface area contributed by atoms with E-state index in [2.05, 4.69) is 31.5 Å². The molecular formula is C14H23NO2S. The molecule has 0 aliphatic carbocycles. The topological polar surface area (TPSA) is 30.5 Å². The molecule has 18 heavy (non-hydrogen) atoms. The lowest BCUT2D eigenvalue weighted by Gasteiger charge is -2.21. The standard InChI is InChI=1S/C14H23NO2S/c1-10(9-18-5)15-11(2)13-7-6-12(16-3)8-14(13)17-4/h6-8,10-11,15H,9H2,1-5H3. The first-order chi connectivity index (χ1) is 8.62. The molecule has 1 aromatic rings. The van der Waals surface area contributed by atoms with E-state index in [1.807, 2.05) is 23.9 Å². The van der Waals surface area contributed by atoms with Crippen molar-refractivity contribution in [1.29, 1.82) is 0 Å². The fraction of sp³-hybridized carbons (Fsp3) is 0.571. The molecule has 0 aliphatic rings. The van der Waals surface area contributed by atoms with Gasteiger partial charge in [0, 0.05) is 29.5 Å². The average molecular weight is 269 g/mol. The third-order valence-corrected chi connectivity index (χ3v) is 3.69. The van der Waals surface area contributed by atoms with Crippen LogP contribution in [0.1, 0.15) is 25.5 Å². The second kappa shape index (κ2) is 7.54. The molecule has 0 aliphatic heterocycles. The Balaban J connectivity index is 2.81. The van der Waals surface area contributed by atoms with Gasteiger partial charge in [0.15, 0.2) is 0 Å². The fourth-order valence-corrected chi connectivity index (χ4v) is 2.59. The van der Waals surface area contributed by atoms with Crippen LogP contribution in [0.15, 0.2) is 18.2 Å². The summed E-state index contributed by atoms with van der Waals surface area (Å²) in [5.41, 5.74) is 1.16. The van der Waals surface area contributed by atoms with Crippen molar-refractivity contribution in [2.75, 3.05) is 26.2 Å². The van der Waals surface area contributed by atoms with E-state index in [-0.39, 0.29) is 6.04 Å². The van der Waals surface area contributed by atoms with Crippen molar-refractivity contribution < 1.29 is 9.47 Å². The summed E-state index contributed by atoms with van der Waals surface area (Å²) in [6, 6.07) is 6.68. The highest BCUT2D eigenvalue weighted by Crippen LogP contribution is 2.29. The van der Waals surface area contributed by atoms with Crippen molar-refractivity contribution in [1.82, 2.24) is 5.32 Å². The Kier molecular flexibility index (Phi) is 6.36. The third kappa shape index (κ3) is 4.10. The Morgan fingerprint density at radius 2 is 1.94 bits per heavy atom. The molecule has 0 bridgehead atoms. The number of ether oxygens (including phenoxy) is 2. The van der Waals surface area contributed by atoms with Crippen LogP contribution in [0, 0.1) is 0 Å². The average Bonchev–Trinajstić information content (AvgIpc) is 2.38. The number of nitrogens with one attached hydrogen (secondary N) is 1. The molecule has 3 nitrogen and oxygen atoms in total. The molecule has 0 saturated heterocycles. The maximum absolute atomic E-state index is 5.43. The van der Waals surface area contributed by atoms with Gasteiger partial charge in [0.05, 0.1) is 14.2 Å². The van der Waals surface area contributed by atoms with E-state index in [1.165, 1.54) is 0 Å². The van der Waals surface area contributed by atoms with Crippen LogP contribution in [-0.2, 0) is 0 Å². The maximum atomic E-state index is 5.43. The second-order valence-corrected chi connectivity index (χ2v) is 5.26. The molecule has 4 heteroatoms. The molecule has 0 aromatic heterocycles. The SMILES string of the molecule is COc1ccc(C(C)NC(C)CSC)c(OC)c1. The van der Waals surface area contributed by atoms with Gasteiger partial charge in [-0.3, -0.25) is 0 Å². The Morgan fingerprint density at radius 1 is 1.22 bits per heavy atom. The minimum atomic E-state index is 0.257. The normalized spacial score (nSPS) is 14.1. The zero-order valence-electron chi connectivity index (χ0n) is 11.8. The van der Waals surface area contributed by atoms with Crippen LogP contribution in [0.4, 0.5) is 0 Å². The van der Waals surface area contributed by atoms with Crippen LogP contribution in [0.3, 0.4) is 0 Å². The van der Waals surface area contributed by atoms with Crippen molar-refractivity contribution in [2.24, 2.45) is 0 Å². The fourth-order valence-electron chi connectivity index (χ4n) is 1.99. The molecule has 1 N–H and O–H groups in total. The van der Waals surface area contributed by atoms with E-state index in [4.69, 9.17) is 9.47 Å². The van der Waals surface area contributed by atoms with Crippen LogP contribution < -0.4 is 14.8 Å². The molecule has 2 unspecified atom stereocenters. The molecule has 102 valence electrons.